The third kappa shape index (κ3) is 5.85. The molecule has 1 aliphatic rings. The Morgan fingerprint density at radius 1 is 1.19 bits per heavy atom. The monoisotopic (exact) mass is 494 g/mol. The summed E-state index contributed by atoms with van der Waals surface area (Å²) in [5.74, 6) is -0.267. The molecule has 1 aromatic heterocycles. The molecule has 6 nitrogen and oxygen atoms in total. The molecular formula is C29H35FN2O4. The Balaban J connectivity index is 1.40. The largest absolute Gasteiger partial charge is 0.497 e. The average Bonchev–Trinajstić information content (AvgIpc) is 2.92. The van der Waals surface area contributed by atoms with E-state index in [9.17, 15) is 15.0 Å². The second-order valence-electron chi connectivity index (χ2n) is 9.76. The normalized spacial score (nSPS) is 16.6. The molecule has 7 heteroatoms. The molecule has 0 aliphatic carbocycles. The summed E-state index contributed by atoms with van der Waals surface area (Å²) in [4.78, 5) is 19.0. The van der Waals surface area contributed by atoms with Crippen molar-refractivity contribution in [3.05, 3.63) is 71.4 Å². The Bertz CT molecular complexity index is 1160. The highest BCUT2D eigenvalue weighted by molar-refractivity contribution is 5.85. The number of aliphatic hydroxyl groups is 1. The SMILES string of the molecule is COc1ccc2ncc(CO)c([C@@H](F)CCC3(C(=O)O)CCN(CCCc4ccccc4)CC3)c2c1. The van der Waals surface area contributed by atoms with Crippen LogP contribution in [0.3, 0.4) is 0 Å². The zero-order valence-corrected chi connectivity index (χ0v) is 20.8. The number of aromatic nitrogens is 1. The first-order valence-corrected chi connectivity index (χ1v) is 12.7. The van der Waals surface area contributed by atoms with Crippen molar-refractivity contribution in [2.75, 3.05) is 26.7 Å². The van der Waals surface area contributed by atoms with Gasteiger partial charge < -0.3 is 19.8 Å². The van der Waals surface area contributed by atoms with E-state index in [1.165, 1.54) is 11.8 Å². The zero-order chi connectivity index (χ0) is 25.5. The highest BCUT2D eigenvalue weighted by Crippen LogP contribution is 2.41. The summed E-state index contributed by atoms with van der Waals surface area (Å²) in [5, 5.41) is 20.5. The second kappa shape index (κ2) is 11.8. The Labute approximate surface area is 211 Å². The molecule has 2 N–H and O–H groups in total. The summed E-state index contributed by atoms with van der Waals surface area (Å²) >= 11 is 0. The molecule has 2 heterocycles. The third-order valence-electron chi connectivity index (χ3n) is 7.61. The van der Waals surface area contributed by atoms with E-state index in [0.717, 1.165) is 19.4 Å². The molecule has 1 saturated heterocycles. The summed E-state index contributed by atoms with van der Waals surface area (Å²) < 4.78 is 21.1. The minimum atomic E-state index is -1.41. The van der Waals surface area contributed by atoms with Crippen molar-refractivity contribution in [3.8, 4) is 5.75 Å². The van der Waals surface area contributed by atoms with Crippen LogP contribution in [0.25, 0.3) is 10.9 Å². The number of halogens is 1. The number of alkyl halides is 1. The molecule has 1 fully saturated rings. The lowest BCUT2D eigenvalue weighted by Gasteiger charge is -2.39. The molecule has 36 heavy (non-hydrogen) atoms. The lowest BCUT2D eigenvalue weighted by atomic mass is 9.74. The van der Waals surface area contributed by atoms with Crippen molar-refractivity contribution >= 4 is 16.9 Å². The zero-order valence-electron chi connectivity index (χ0n) is 20.8. The number of carboxylic acid groups (broad SMARTS) is 1. The van der Waals surface area contributed by atoms with Crippen LogP contribution in [0, 0.1) is 5.41 Å². The number of fused-ring (bicyclic) bond motifs is 1. The van der Waals surface area contributed by atoms with Crippen molar-refractivity contribution in [1.29, 1.82) is 0 Å². The maximum atomic E-state index is 15.8. The van der Waals surface area contributed by atoms with Crippen LogP contribution in [0.1, 0.15) is 55.0 Å². The molecule has 2 aromatic carbocycles. The van der Waals surface area contributed by atoms with Gasteiger partial charge in [-0.25, -0.2) is 4.39 Å². The molecule has 4 rings (SSSR count). The second-order valence-corrected chi connectivity index (χ2v) is 9.76. The summed E-state index contributed by atoms with van der Waals surface area (Å²) in [5.41, 5.74) is 1.79. The van der Waals surface area contributed by atoms with Gasteiger partial charge in [-0.15, -0.1) is 0 Å². The minimum absolute atomic E-state index is 0.0730. The van der Waals surface area contributed by atoms with Crippen molar-refractivity contribution in [1.82, 2.24) is 9.88 Å². The topological polar surface area (TPSA) is 82.9 Å². The van der Waals surface area contributed by atoms with Crippen molar-refractivity contribution in [2.24, 2.45) is 5.41 Å². The van der Waals surface area contributed by atoms with E-state index in [4.69, 9.17) is 4.74 Å². The van der Waals surface area contributed by atoms with Gasteiger partial charge >= 0.3 is 5.97 Å². The molecule has 1 atom stereocenters. The van der Waals surface area contributed by atoms with Gasteiger partial charge in [0, 0.05) is 22.7 Å². The van der Waals surface area contributed by atoms with E-state index in [1.807, 2.05) is 18.2 Å². The lowest BCUT2D eigenvalue weighted by Crippen LogP contribution is -2.44. The fraction of sp³-hybridized carbons (Fsp3) is 0.448. The number of carboxylic acids is 1. The number of aliphatic hydroxyl groups excluding tert-OH is 1. The van der Waals surface area contributed by atoms with E-state index in [0.29, 0.717) is 53.7 Å². The Morgan fingerprint density at radius 3 is 2.61 bits per heavy atom. The molecule has 1 aliphatic heterocycles. The molecule has 0 saturated carbocycles. The molecular weight excluding hydrogens is 459 g/mol. The van der Waals surface area contributed by atoms with Crippen LogP contribution in [0.2, 0.25) is 0 Å². The van der Waals surface area contributed by atoms with Gasteiger partial charge in [0.15, 0.2) is 0 Å². The first kappa shape index (κ1) is 26.0. The van der Waals surface area contributed by atoms with Crippen LogP contribution in [-0.2, 0) is 17.8 Å². The van der Waals surface area contributed by atoms with Crippen LogP contribution in [0.4, 0.5) is 4.39 Å². The quantitative estimate of drug-likeness (QED) is 0.375. The van der Waals surface area contributed by atoms with Gasteiger partial charge in [-0.05, 0) is 81.9 Å². The summed E-state index contributed by atoms with van der Waals surface area (Å²) in [6.07, 6.45) is 3.46. The molecule has 192 valence electrons. The summed E-state index contributed by atoms with van der Waals surface area (Å²) in [7, 11) is 1.54. The average molecular weight is 495 g/mol. The number of hydrogen-bond donors (Lipinski definition) is 2. The Kier molecular flexibility index (Phi) is 8.54. The number of ether oxygens (including phenoxy) is 1. The summed E-state index contributed by atoms with van der Waals surface area (Å²) in [6, 6.07) is 15.6. The number of rotatable bonds is 11. The summed E-state index contributed by atoms with van der Waals surface area (Å²) in [6.45, 7) is 2.00. The number of pyridine rings is 1. The molecule has 0 radical (unpaired) electrons. The smallest absolute Gasteiger partial charge is 0.309 e. The van der Waals surface area contributed by atoms with Gasteiger partial charge in [-0.1, -0.05) is 30.3 Å². The number of hydrogen-bond acceptors (Lipinski definition) is 5. The molecule has 0 bridgehead atoms. The highest BCUT2D eigenvalue weighted by atomic mass is 19.1. The molecule has 0 spiro atoms. The van der Waals surface area contributed by atoms with E-state index in [-0.39, 0.29) is 19.4 Å². The van der Waals surface area contributed by atoms with Gasteiger partial charge in [-0.2, -0.15) is 0 Å². The fourth-order valence-corrected chi connectivity index (χ4v) is 5.33. The van der Waals surface area contributed by atoms with E-state index >= 15 is 4.39 Å². The van der Waals surface area contributed by atoms with E-state index in [1.54, 1.807) is 25.3 Å². The standard InChI is InChI=1S/C29H35FN2O4/c1-36-23-9-10-26-24(18-23)27(22(20-33)19-31-26)25(30)11-12-29(28(34)35)13-16-32(17-14-29)15-5-8-21-6-3-2-4-7-21/h2-4,6-7,9-10,18-19,25,33H,5,8,11-17,20H2,1H3,(H,34,35)/t25-/m0/s1. The van der Waals surface area contributed by atoms with Crippen LogP contribution in [0.15, 0.2) is 54.7 Å². The number of methoxy groups -OCH3 is 1. The van der Waals surface area contributed by atoms with Gasteiger partial charge in [0.2, 0.25) is 0 Å². The lowest BCUT2D eigenvalue weighted by molar-refractivity contribution is -0.153. The highest BCUT2D eigenvalue weighted by Gasteiger charge is 2.41. The first-order valence-electron chi connectivity index (χ1n) is 12.7. The number of aliphatic carboxylic acids is 1. The van der Waals surface area contributed by atoms with Gasteiger partial charge in [-0.3, -0.25) is 9.78 Å². The molecule has 3 aromatic rings. The van der Waals surface area contributed by atoms with Crippen molar-refractivity contribution < 1.29 is 24.1 Å². The van der Waals surface area contributed by atoms with Gasteiger partial charge in [0.1, 0.15) is 11.9 Å². The van der Waals surface area contributed by atoms with Crippen LogP contribution >= 0.6 is 0 Å². The Morgan fingerprint density at radius 2 is 1.94 bits per heavy atom. The van der Waals surface area contributed by atoms with E-state index in [2.05, 4.69) is 22.0 Å². The number of likely N-dealkylation sites (tertiary alicyclic amines) is 1. The maximum absolute atomic E-state index is 15.8. The first-order chi connectivity index (χ1) is 17.5. The fourth-order valence-electron chi connectivity index (χ4n) is 5.33. The van der Waals surface area contributed by atoms with Crippen molar-refractivity contribution in [3.63, 3.8) is 0 Å². The number of carbonyl (C=O) groups is 1. The third-order valence-corrected chi connectivity index (χ3v) is 7.61. The Hall–Kier alpha value is -3.03. The maximum Gasteiger partial charge on any atom is 0.309 e. The molecule has 0 unspecified atom stereocenters. The minimum Gasteiger partial charge on any atom is -0.497 e. The predicted octanol–water partition coefficient (Wildman–Crippen LogP) is 5.33. The number of nitrogens with zero attached hydrogens (tertiary/aromatic N) is 2. The van der Waals surface area contributed by atoms with Crippen LogP contribution in [0.5, 0.6) is 5.75 Å². The number of aryl methyl sites for hydroxylation is 1. The molecule has 0 amide bonds. The number of piperidine rings is 1. The van der Waals surface area contributed by atoms with Crippen molar-refractivity contribution in [2.45, 2.75) is 51.3 Å². The number of benzene rings is 2. The van der Waals surface area contributed by atoms with Gasteiger partial charge in [0.05, 0.1) is 24.6 Å². The van der Waals surface area contributed by atoms with E-state index < -0.39 is 17.6 Å². The van der Waals surface area contributed by atoms with Crippen LogP contribution in [-0.4, -0.2) is 52.8 Å². The predicted molar refractivity (Wildman–Crippen MR) is 138 cm³/mol. The van der Waals surface area contributed by atoms with Crippen LogP contribution < -0.4 is 4.74 Å². The van der Waals surface area contributed by atoms with Gasteiger partial charge in [0.25, 0.3) is 0 Å².